The van der Waals surface area contributed by atoms with Gasteiger partial charge < -0.3 is 9.47 Å². The highest BCUT2D eigenvalue weighted by atomic mass is 32.2. The lowest BCUT2D eigenvalue weighted by Gasteiger charge is -2.20. The molecule has 1 aromatic heterocycles. The predicted octanol–water partition coefficient (Wildman–Crippen LogP) is 2.34. The van der Waals surface area contributed by atoms with E-state index in [0.717, 1.165) is 17.7 Å². The average molecular weight is 379 g/mol. The molecule has 0 amide bonds. The zero-order chi connectivity index (χ0) is 18.9. The van der Waals surface area contributed by atoms with Crippen LogP contribution in [0.5, 0.6) is 5.75 Å². The number of hydrogen-bond acceptors (Lipinski definition) is 5. The number of nitrogens with zero attached hydrogens (tertiary/aromatic N) is 2. The molecule has 1 saturated heterocycles. The molecule has 1 aromatic carbocycles. The Morgan fingerprint density at radius 1 is 1.35 bits per heavy atom. The Kier molecular flexibility index (Phi) is 5.36. The minimum atomic E-state index is -3.67. The molecule has 3 rings (SSSR count). The number of aryl methyl sites for hydroxylation is 3. The van der Waals surface area contributed by atoms with Crippen molar-refractivity contribution in [3.63, 3.8) is 0 Å². The maximum absolute atomic E-state index is 13.0. The van der Waals surface area contributed by atoms with Gasteiger partial charge in [-0.3, -0.25) is 4.68 Å². The highest BCUT2D eigenvalue weighted by Crippen LogP contribution is 2.31. The topological polar surface area (TPSA) is 82.5 Å². The van der Waals surface area contributed by atoms with Crippen LogP contribution < -0.4 is 9.46 Å². The summed E-state index contributed by atoms with van der Waals surface area (Å²) in [4.78, 5) is 0.269. The number of hydrogen-bond donors (Lipinski definition) is 1. The lowest BCUT2D eigenvalue weighted by molar-refractivity contribution is 0.102. The first-order valence-electron chi connectivity index (χ1n) is 8.67. The van der Waals surface area contributed by atoms with Crippen LogP contribution in [0.4, 0.5) is 0 Å². The summed E-state index contributed by atoms with van der Waals surface area (Å²) in [6.45, 7) is 6.87. The SMILES string of the molecule is CCn1cc([C@H]2OCC[C@@H]2NS(=O)(=O)c2cc(C)c(OC)cc2C)cn1. The zero-order valence-electron chi connectivity index (χ0n) is 15.5. The number of benzene rings is 1. The van der Waals surface area contributed by atoms with Crippen molar-refractivity contribution < 1.29 is 17.9 Å². The molecule has 2 atom stereocenters. The van der Waals surface area contributed by atoms with Gasteiger partial charge in [-0.15, -0.1) is 0 Å². The summed E-state index contributed by atoms with van der Waals surface area (Å²) in [7, 11) is -2.10. The quantitative estimate of drug-likeness (QED) is 0.833. The van der Waals surface area contributed by atoms with Crippen LogP contribution in [-0.2, 0) is 21.3 Å². The van der Waals surface area contributed by atoms with E-state index < -0.39 is 10.0 Å². The van der Waals surface area contributed by atoms with Crippen LogP contribution in [0, 0.1) is 13.8 Å². The molecule has 0 saturated carbocycles. The van der Waals surface area contributed by atoms with E-state index in [0.29, 0.717) is 24.3 Å². The summed E-state index contributed by atoms with van der Waals surface area (Å²) in [5.41, 5.74) is 2.32. The largest absolute Gasteiger partial charge is 0.496 e. The molecule has 142 valence electrons. The first kappa shape index (κ1) is 18.9. The van der Waals surface area contributed by atoms with Gasteiger partial charge >= 0.3 is 0 Å². The second-order valence-electron chi connectivity index (χ2n) is 6.52. The van der Waals surface area contributed by atoms with Gasteiger partial charge in [-0.1, -0.05) is 0 Å². The van der Waals surface area contributed by atoms with Crippen molar-refractivity contribution in [2.24, 2.45) is 0 Å². The van der Waals surface area contributed by atoms with Crippen molar-refractivity contribution in [2.75, 3.05) is 13.7 Å². The Morgan fingerprint density at radius 2 is 2.12 bits per heavy atom. The summed E-state index contributed by atoms with van der Waals surface area (Å²) in [5.74, 6) is 0.676. The van der Waals surface area contributed by atoms with Crippen LogP contribution in [0.15, 0.2) is 29.4 Å². The van der Waals surface area contributed by atoms with Crippen molar-refractivity contribution in [1.29, 1.82) is 0 Å². The minimum Gasteiger partial charge on any atom is -0.496 e. The second kappa shape index (κ2) is 7.38. The van der Waals surface area contributed by atoms with Gasteiger partial charge in [0.15, 0.2) is 0 Å². The second-order valence-corrected chi connectivity index (χ2v) is 8.21. The van der Waals surface area contributed by atoms with Gasteiger partial charge in [0.25, 0.3) is 0 Å². The third kappa shape index (κ3) is 3.62. The summed E-state index contributed by atoms with van der Waals surface area (Å²) in [5, 5.41) is 4.26. The first-order chi connectivity index (χ1) is 12.4. The molecule has 1 aliphatic heterocycles. The minimum absolute atomic E-state index is 0.269. The highest BCUT2D eigenvalue weighted by molar-refractivity contribution is 7.89. The van der Waals surface area contributed by atoms with Crippen LogP contribution in [0.2, 0.25) is 0 Å². The number of ether oxygens (including phenoxy) is 2. The number of methoxy groups -OCH3 is 1. The first-order valence-corrected chi connectivity index (χ1v) is 10.2. The normalized spacial score (nSPS) is 20.5. The van der Waals surface area contributed by atoms with E-state index in [-0.39, 0.29) is 17.0 Å². The molecule has 8 heteroatoms. The molecular formula is C18H25N3O4S. The molecule has 0 aliphatic carbocycles. The Balaban J connectivity index is 1.85. The van der Waals surface area contributed by atoms with Gasteiger partial charge in [-0.25, -0.2) is 13.1 Å². The van der Waals surface area contributed by atoms with Crippen molar-refractivity contribution in [3.05, 3.63) is 41.2 Å². The lowest BCUT2D eigenvalue weighted by Crippen LogP contribution is -2.37. The van der Waals surface area contributed by atoms with E-state index in [1.165, 1.54) is 0 Å². The van der Waals surface area contributed by atoms with Crippen LogP contribution in [0.1, 0.15) is 36.1 Å². The Bertz CT molecular complexity index is 892. The molecule has 0 unspecified atom stereocenters. The standard InChI is InChI=1S/C18H25N3O4S/c1-5-21-11-14(10-19-21)18-15(6-7-25-18)20-26(22,23)17-9-12(2)16(24-4)8-13(17)3/h8-11,15,18,20H,5-7H2,1-4H3/t15-,18+/m0/s1. The summed E-state index contributed by atoms with van der Waals surface area (Å²) < 4.78 is 41.6. The number of nitrogens with one attached hydrogen (secondary N) is 1. The number of aromatic nitrogens is 2. The van der Waals surface area contributed by atoms with Gasteiger partial charge in [0.2, 0.25) is 10.0 Å². The van der Waals surface area contributed by atoms with Crippen molar-refractivity contribution >= 4 is 10.0 Å². The number of rotatable bonds is 6. The van der Waals surface area contributed by atoms with E-state index in [2.05, 4.69) is 9.82 Å². The van der Waals surface area contributed by atoms with Crippen LogP contribution in [-0.4, -0.2) is 38.0 Å². The molecule has 1 fully saturated rings. The van der Waals surface area contributed by atoms with Crippen LogP contribution in [0.3, 0.4) is 0 Å². The number of sulfonamides is 1. The fourth-order valence-corrected chi connectivity index (χ4v) is 4.86. The van der Waals surface area contributed by atoms with Gasteiger partial charge in [0.1, 0.15) is 11.9 Å². The van der Waals surface area contributed by atoms with E-state index in [4.69, 9.17) is 9.47 Å². The van der Waals surface area contributed by atoms with Gasteiger partial charge in [-0.2, -0.15) is 5.10 Å². The summed E-state index contributed by atoms with van der Waals surface area (Å²) >= 11 is 0. The van der Waals surface area contributed by atoms with E-state index in [1.54, 1.807) is 37.0 Å². The fourth-order valence-electron chi connectivity index (χ4n) is 3.27. The third-order valence-electron chi connectivity index (χ3n) is 4.69. The summed E-state index contributed by atoms with van der Waals surface area (Å²) in [6.07, 6.45) is 3.93. The maximum Gasteiger partial charge on any atom is 0.241 e. The fraction of sp³-hybridized carbons (Fsp3) is 0.500. The van der Waals surface area contributed by atoms with Gasteiger partial charge in [0.05, 0.1) is 24.2 Å². The van der Waals surface area contributed by atoms with Gasteiger partial charge in [-0.05, 0) is 50.5 Å². The molecule has 0 radical (unpaired) electrons. The van der Waals surface area contributed by atoms with E-state index >= 15 is 0 Å². The monoisotopic (exact) mass is 379 g/mol. The van der Waals surface area contributed by atoms with Crippen molar-refractivity contribution in [2.45, 2.75) is 50.8 Å². The molecule has 0 spiro atoms. The van der Waals surface area contributed by atoms with E-state index in [9.17, 15) is 8.42 Å². The Labute approximate surface area is 154 Å². The summed E-state index contributed by atoms with van der Waals surface area (Å²) in [6, 6.07) is 3.07. The zero-order valence-corrected chi connectivity index (χ0v) is 16.3. The Hall–Kier alpha value is -1.90. The van der Waals surface area contributed by atoms with Gasteiger partial charge in [0, 0.05) is 24.9 Å². The van der Waals surface area contributed by atoms with E-state index in [1.807, 2.05) is 20.0 Å². The molecule has 1 N–H and O–H groups in total. The molecule has 1 aliphatic rings. The molecule has 0 bridgehead atoms. The molecule has 26 heavy (non-hydrogen) atoms. The Morgan fingerprint density at radius 3 is 2.77 bits per heavy atom. The molecule has 7 nitrogen and oxygen atoms in total. The highest BCUT2D eigenvalue weighted by Gasteiger charge is 2.34. The maximum atomic E-state index is 13.0. The lowest BCUT2D eigenvalue weighted by atomic mass is 10.1. The molecular weight excluding hydrogens is 354 g/mol. The molecule has 2 aromatic rings. The average Bonchev–Trinajstić information content (AvgIpc) is 3.24. The predicted molar refractivity (Wildman–Crippen MR) is 97.8 cm³/mol. The molecule has 2 heterocycles. The van der Waals surface area contributed by atoms with Crippen molar-refractivity contribution in [1.82, 2.24) is 14.5 Å². The smallest absolute Gasteiger partial charge is 0.241 e. The van der Waals surface area contributed by atoms with Crippen molar-refractivity contribution in [3.8, 4) is 5.75 Å². The van der Waals surface area contributed by atoms with Crippen LogP contribution >= 0.6 is 0 Å². The third-order valence-corrected chi connectivity index (χ3v) is 6.32. The van der Waals surface area contributed by atoms with Crippen LogP contribution in [0.25, 0.3) is 0 Å².